The Morgan fingerprint density at radius 2 is 1.51 bits per heavy atom. The van der Waals surface area contributed by atoms with E-state index >= 15 is 0 Å². The van der Waals surface area contributed by atoms with Crippen LogP contribution in [0.15, 0.2) is 91.7 Å². The minimum absolute atomic E-state index is 0.917. The van der Waals surface area contributed by atoms with Gasteiger partial charge in [-0.3, -0.25) is 4.98 Å². The zero-order valence-electron chi connectivity index (χ0n) is 23.0. The van der Waals surface area contributed by atoms with Gasteiger partial charge >= 0.3 is 0 Å². The van der Waals surface area contributed by atoms with Crippen LogP contribution in [-0.2, 0) is 0 Å². The molecular weight excluding hydrogens is 446 g/mol. The predicted octanol–water partition coefficient (Wildman–Crippen LogP) is 8.77. The average Bonchev–Trinajstić information content (AvgIpc) is 2.92. The molecule has 0 N–H and O–H groups in total. The van der Waals surface area contributed by atoms with Crippen LogP contribution in [0.5, 0.6) is 0 Å². The molecule has 3 aromatic rings. The first-order valence-electron chi connectivity index (χ1n) is 13.2. The first-order chi connectivity index (χ1) is 18.0. The number of aryl methyl sites for hydroxylation is 2. The number of hydrogen-bond acceptors (Lipinski definition) is 1. The quantitative estimate of drug-likeness (QED) is 0.305. The normalized spacial score (nSPS) is 12.4. The second-order valence-electron chi connectivity index (χ2n) is 9.10. The smallest absolute Gasteiger partial charge is 0.0665 e. The number of hydrogen-bond donors (Lipinski definition) is 0. The Labute approximate surface area is 223 Å². The highest BCUT2D eigenvalue weighted by Crippen LogP contribution is 2.27. The van der Waals surface area contributed by atoms with Crippen molar-refractivity contribution in [3.05, 3.63) is 124 Å². The second kappa shape index (κ2) is 13.9. The average molecular weight is 486 g/mol. The SMILES string of the molecule is C=C/C=C\c1cccc(-c2cccc(-c3c(C)ccc(C)c(/C=C\CC)cnc(=C/CC)/c3=C\C)c2)c1. The molecule has 37 heavy (non-hydrogen) atoms. The predicted molar refractivity (Wildman–Crippen MR) is 165 cm³/mol. The molecule has 188 valence electrons. The van der Waals surface area contributed by atoms with Crippen molar-refractivity contribution < 1.29 is 0 Å². The number of benzene rings is 2. The lowest BCUT2D eigenvalue weighted by Crippen LogP contribution is -2.28. The highest BCUT2D eigenvalue weighted by atomic mass is 14.6. The monoisotopic (exact) mass is 485 g/mol. The molecule has 1 aromatic heterocycles. The summed E-state index contributed by atoms with van der Waals surface area (Å²) >= 11 is 0. The molecule has 0 saturated carbocycles. The van der Waals surface area contributed by atoms with Gasteiger partial charge in [-0.1, -0.05) is 111 Å². The molecule has 1 heterocycles. The van der Waals surface area contributed by atoms with Crippen LogP contribution >= 0.6 is 0 Å². The zero-order chi connectivity index (χ0) is 26.6. The van der Waals surface area contributed by atoms with Crippen LogP contribution in [0, 0.1) is 13.8 Å². The van der Waals surface area contributed by atoms with Crippen LogP contribution < -0.4 is 10.6 Å². The summed E-state index contributed by atoms with van der Waals surface area (Å²) in [6.45, 7) is 14.6. The Balaban J connectivity index is 2.35. The van der Waals surface area contributed by atoms with Gasteiger partial charge in [0.25, 0.3) is 0 Å². The number of aromatic nitrogens is 1. The minimum Gasteiger partial charge on any atom is -0.256 e. The fourth-order valence-electron chi connectivity index (χ4n) is 4.39. The summed E-state index contributed by atoms with van der Waals surface area (Å²) in [5, 5.41) is 2.16. The van der Waals surface area contributed by atoms with E-state index in [1.165, 1.54) is 33.4 Å². The van der Waals surface area contributed by atoms with E-state index in [0.29, 0.717) is 0 Å². The lowest BCUT2D eigenvalue weighted by atomic mass is 9.95. The van der Waals surface area contributed by atoms with Crippen LogP contribution in [-0.4, -0.2) is 4.98 Å². The second-order valence-corrected chi connectivity index (χ2v) is 9.10. The number of allylic oxidation sites excluding steroid dienone is 3. The van der Waals surface area contributed by atoms with Crippen molar-refractivity contribution in [2.24, 2.45) is 0 Å². The van der Waals surface area contributed by atoms with E-state index in [-0.39, 0.29) is 0 Å². The van der Waals surface area contributed by atoms with Crippen molar-refractivity contribution in [2.45, 2.75) is 47.5 Å². The number of nitrogens with zero attached hydrogens (tertiary/aromatic N) is 1. The molecule has 1 heteroatoms. The molecule has 0 fully saturated rings. The van der Waals surface area contributed by atoms with Crippen LogP contribution in [0.1, 0.15) is 55.9 Å². The van der Waals surface area contributed by atoms with E-state index in [2.05, 4.69) is 132 Å². The Hall–Kier alpha value is -3.97. The number of rotatable bonds is 7. The summed E-state index contributed by atoms with van der Waals surface area (Å²) < 4.78 is 0. The third-order valence-electron chi connectivity index (χ3n) is 6.34. The summed E-state index contributed by atoms with van der Waals surface area (Å²) in [4.78, 5) is 5.02. The molecule has 0 saturated heterocycles. The van der Waals surface area contributed by atoms with E-state index in [1.807, 2.05) is 12.3 Å². The van der Waals surface area contributed by atoms with Gasteiger partial charge in [-0.25, -0.2) is 0 Å². The highest BCUT2D eigenvalue weighted by molar-refractivity contribution is 5.76. The van der Waals surface area contributed by atoms with E-state index in [9.17, 15) is 0 Å². The molecule has 0 spiro atoms. The van der Waals surface area contributed by atoms with E-state index in [0.717, 1.165) is 34.5 Å². The van der Waals surface area contributed by atoms with E-state index < -0.39 is 0 Å². The molecule has 0 aliphatic rings. The van der Waals surface area contributed by atoms with Gasteiger partial charge in [-0.2, -0.15) is 0 Å². The van der Waals surface area contributed by atoms with Gasteiger partial charge < -0.3 is 0 Å². The molecule has 3 rings (SSSR count). The molecule has 0 amide bonds. The molecule has 0 atom stereocenters. The van der Waals surface area contributed by atoms with Gasteiger partial charge in [-0.15, -0.1) is 0 Å². The molecule has 0 unspecified atom stereocenters. The Morgan fingerprint density at radius 1 is 0.811 bits per heavy atom. The van der Waals surface area contributed by atoms with Crippen molar-refractivity contribution in [1.82, 2.24) is 4.98 Å². The first kappa shape index (κ1) is 27.6. The summed E-state index contributed by atoms with van der Waals surface area (Å²) in [6.07, 6.45) is 18.5. The van der Waals surface area contributed by atoms with Gasteiger partial charge in [-0.05, 0) is 90.3 Å². The van der Waals surface area contributed by atoms with Crippen LogP contribution in [0.3, 0.4) is 0 Å². The molecule has 1 nitrogen and oxygen atoms in total. The van der Waals surface area contributed by atoms with Gasteiger partial charge in [0, 0.05) is 11.4 Å². The van der Waals surface area contributed by atoms with Gasteiger partial charge in [0.15, 0.2) is 0 Å². The summed E-state index contributed by atoms with van der Waals surface area (Å²) in [5.41, 5.74) is 9.49. The maximum absolute atomic E-state index is 5.02. The summed E-state index contributed by atoms with van der Waals surface area (Å²) in [6, 6.07) is 21.9. The molecule has 0 bridgehead atoms. The van der Waals surface area contributed by atoms with Crippen molar-refractivity contribution in [3.63, 3.8) is 0 Å². The third-order valence-corrected chi connectivity index (χ3v) is 6.34. The van der Waals surface area contributed by atoms with Crippen LogP contribution in [0.2, 0.25) is 0 Å². The standard InChI is InChI=1S/C36H39N/c1-7-11-16-29-17-13-19-30(24-29)31-20-14-21-32(25-31)36-28(6)23-22-27(5)33(18-12-8-2)26-37-35(15-9-3)34(36)10-4/h7,10-26H,1,8-9H2,2-6H3/b16-11-,18-12-,23-22?,33-27?,34-10+,35-15+,36-28?,37-26?. The summed E-state index contributed by atoms with van der Waals surface area (Å²) in [7, 11) is 0. The Morgan fingerprint density at radius 3 is 2.22 bits per heavy atom. The van der Waals surface area contributed by atoms with Gasteiger partial charge in [0.05, 0.1) is 5.35 Å². The van der Waals surface area contributed by atoms with Gasteiger partial charge in [0.1, 0.15) is 0 Å². The van der Waals surface area contributed by atoms with E-state index in [1.54, 1.807) is 6.08 Å². The topological polar surface area (TPSA) is 12.9 Å². The van der Waals surface area contributed by atoms with E-state index in [4.69, 9.17) is 4.98 Å². The maximum atomic E-state index is 5.02. The largest absolute Gasteiger partial charge is 0.256 e. The van der Waals surface area contributed by atoms with Gasteiger partial charge in [0.2, 0.25) is 0 Å². The molecular formula is C36H39N. The first-order valence-corrected chi connectivity index (χ1v) is 13.2. The maximum Gasteiger partial charge on any atom is 0.0665 e. The highest BCUT2D eigenvalue weighted by Gasteiger charge is 2.07. The lowest BCUT2D eigenvalue weighted by Gasteiger charge is -2.10. The fraction of sp³-hybridized carbons (Fsp3) is 0.194. The summed E-state index contributed by atoms with van der Waals surface area (Å²) in [5.74, 6) is 0. The Bertz CT molecular complexity index is 1480. The minimum atomic E-state index is 0.917. The molecule has 2 aromatic carbocycles. The molecule has 0 radical (unpaired) electrons. The van der Waals surface area contributed by atoms with Crippen molar-refractivity contribution >= 4 is 24.3 Å². The third kappa shape index (κ3) is 7.27. The molecule has 0 aliphatic heterocycles. The van der Waals surface area contributed by atoms with Crippen LogP contribution in [0.4, 0.5) is 0 Å². The molecule has 0 aliphatic carbocycles. The zero-order valence-corrected chi connectivity index (χ0v) is 23.0. The Kier molecular flexibility index (Phi) is 10.4. The fourth-order valence-corrected chi connectivity index (χ4v) is 4.39. The van der Waals surface area contributed by atoms with Crippen molar-refractivity contribution in [3.8, 4) is 22.3 Å². The van der Waals surface area contributed by atoms with Crippen molar-refractivity contribution in [2.75, 3.05) is 0 Å². The van der Waals surface area contributed by atoms with Crippen molar-refractivity contribution in [1.29, 1.82) is 0 Å². The lowest BCUT2D eigenvalue weighted by molar-refractivity contribution is 1.18. The van der Waals surface area contributed by atoms with Crippen LogP contribution in [0.25, 0.3) is 46.6 Å².